The van der Waals surface area contributed by atoms with Crippen LogP contribution in [0.3, 0.4) is 0 Å². The maximum absolute atomic E-state index is 11.3. The molecule has 0 aromatic heterocycles. The van der Waals surface area contributed by atoms with Gasteiger partial charge in [-0.05, 0) is 68.0 Å². The summed E-state index contributed by atoms with van der Waals surface area (Å²) in [6, 6.07) is 17.2. The largest absolute Gasteiger partial charge is 0.493 e. The molecule has 0 fully saturated rings. The van der Waals surface area contributed by atoms with Crippen LogP contribution in [0.4, 0.5) is 0 Å². The minimum Gasteiger partial charge on any atom is -0.493 e. The Hall–Kier alpha value is -2.48. The molecule has 0 saturated heterocycles. The van der Waals surface area contributed by atoms with Gasteiger partial charge in [0.25, 0.3) is 0 Å². The van der Waals surface area contributed by atoms with Crippen LogP contribution in [0, 0.1) is 0 Å². The minimum absolute atomic E-state index is 0.929. The molecule has 0 N–H and O–H groups in total. The molecular formula is C26H32N2. The van der Waals surface area contributed by atoms with E-state index in [1.807, 2.05) is 0 Å². The Bertz CT molecular complexity index is 931. The van der Waals surface area contributed by atoms with E-state index in [1.165, 1.54) is 39.8 Å². The van der Waals surface area contributed by atoms with Crippen molar-refractivity contribution in [1.29, 1.82) is 0 Å². The van der Waals surface area contributed by atoms with E-state index in [2.05, 4.69) is 76.2 Å². The van der Waals surface area contributed by atoms with Crippen molar-refractivity contribution >= 4 is 11.4 Å². The molecule has 2 heteroatoms. The van der Waals surface area contributed by atoms with Crippen molar-refractivity contribution < 1.29 is 4.70 Å². The van der Waals surface area contributed by atoms with Crippen LogP contribution in [0.25, 0.3) is 16.9 Å². The third-order valence-electron chi connectivity index (χ3n) is 5.76. The Balaban J connectivity index is 2.09. The summed E-state index contributed by atoms with van der Waals surface area (Å²) in [4.78, 5) is 0. The molecular weight excluding hydrogens is 340 g/mol. The smallest absolute Gasteiger partial charge is 0.211 e. The molecule has 28 heavy (non-hydrogen) atoms. The number of aryl methyl sites for hydroxylation is 2. The molecule has 2 aromatic carbocycles. The first-order chi connectivity index (χ1) is 13.6. The Morgan fingerprint density at radius 3 is 1.89 bits per heavy atom. The fourth-order valence-corrected chi connectivity index (χ4v) is 4.09. The molecule has 0 atom stereocenters. The summed E-state index contributed by atoms with van der Waals surface area (Å²) in [6.07, 6.45) is 6.55. The van der Waals surface area contributed by atoms with Gasteiger partial charge in [0.2, 0.25) is 11.4 Å². The predicted molar refractivity (Wildman–Crippen MR) is 119 cm³/mol. The number of allylic oxidation sites excluding steroid dienone is 2. The maximum atomic E-state index is 11.3. The van der Waals surface area contributed by atoms with E-state index in [4.69, 9.17) is 0 Å². The average Bonchev–Trinajstić information content (AvgIpc) is 2.98. The zero-order valence-corrected chi connectivity index (χ0v) is 17.8. The van der Waals surface area contributed by atoms with E-state index >= 15 is 0 Å². The van der Waals surface area contributed by atoms with Crippen molar-refractivity contribution in [1.82, 2.24) is 0 Å². The van der Waals surface area contributed by atoms with Gasteiger partial charge in [-0.15, -0.1) is 0 Å². The first-order valence-electron chi connectivity index (χ1n) is 10.7. The standard InChI is InChI=1S/C26H32N2/c1-5-8-9-16-24-19(4)25(22-14-10-12-20(6-2)17-22)28(27)26(24)23-15-11-13-21(7-3)18-23/h10-15,17-18H,5-9,16H2,1-4H3. The van der Waals surface area contributed by atoms with Crippen molar-refractivity contribution in [3.8, 4) is 0 Å². The number of hydrogen-bond donors (Lipinski definition) is 0. The lowest BCUT2D eigenvalue weighted by Gasteiger charge is -2.11. The van der Waals surface area contributed by atoms with E-state index in [0.717, 1.165) is 48.2 Å². The predicted octanol–water partition coefficient (Wildman–Crippen LogP) is 7.58. The second kappa shape index (κ2) is 9.14. The lowest BCUT2D eigenvalue weighted by molar-refractivity contribution is -0.345. The Kier molecular flexibility index (Phi) is 6.61. The van der Waals surface area contributed by atoms with E-state index in [-0.39, 0.29) is 0 Å². The van der Waals surface area contributed by atoms with E-state index in [1.54, 1.807) is 0 Å². The topological polar surface area (TPSA) is 25.3 Å². The second-order valence-electron chi connectivity index (χ2n) is 7.68. The highest BCUT2D eigenvalue weighted by atomic mass is 15.2. The Morgan fingerprint density at radius 1 is 0.786 bits per heavy atom. The summed E-state index contributed by atoms with van der Waals surface area (Å²) in [7, 11) is 0. The molecule has 2 aromatic rings. The van der Waals surface area contributed by atoms with Gasteiger partial charge in [0.1, 0.15) is 0 Å². The van der Waals surface area contributed by atoms with Crippen LogP contribution < -0.4 is 0 Å². The fraction of sp³-hybridized carbons (Fsp3) is 0.385. The van der Waals surface area contributed by atoms with Crippen molar-refractivity contribution in [2.75, 3.05) is 0 Å². The van der Waals surface area contributed by atoms with Gasteiger partial charge in [0.05, 0.1) is 0 Å². The van der Waals surface area contributed by atoms with Gasteiger partial charge in [-0.1, -0.05) is 57.9 Å². The summed E-state index contributed by atoms with van der Waals surface area (Å²) in [5, 5.41) is 0. The lowest BCUT2D eigenvalue weighted by Crippen LogP contribution is -2.03. The van der Waals surface area contributed by atoms with Crippen LogP contribution in [0.2, 0.25) is 0 Å². The van der Waals surface area contributed by atoms with Crippen LogP contribution in [0.1, 0.15) is 75.6 Å². The minimum atomic E-state index is 0.929. The van der Waals surface area contributed by atoms with Crippen molar-refractivity contribution in [3.63, 3.8) is 0 Å². The molecule has 0 spiro atoms. The van der Waals surface area contributed by atoms with Crippen LogP contribution in [-0.2, 0) is 12.8 Å². The molecule has 146 valence electrons. The second-order valence-corrected chi connectivity index (χ2v) is 7.68. The first kappa shape index (κ1) is 20.3. The normalized spacial score (nSPS) is 14.4. The molecule has 0 saturated carbocycles. The van der Waals surface area contributed by atoms with Gasteiger partial charge >= 0.3 is 0 Å². The fourth-order valence-electron chi connectivity index (χ4n) is 4.09. The van der Waals surface area contributed by atoms with Crippen molar-refractivity contribution in [2.24, 2.45) is 0 Å². The number of hydrogen-bond acceptors (Lipinski definition) is 0. The number of rotatable bonds is 8. The van der Waals surface area contributed by atoms with Crippen LogP contribution in [0.15, 0.2) is 59.7 Å². The highest BCUT2D eigenvalue weighted by molar-refractivity contribution is 5.81. The molecule has 3 rings (SSSR count). The third-order valence-corrected chi connectivity index (χ3v) is 5.76. The SMILES string of the molecule is CCCCCC1=C(c2cccc(CC)c2)[N+](=[N-])C(c2cccc(CC)c2)=C1C. The summed E-state index contributed by atoms with van der Waals surface area (Å²) in [5.74, 6) is 0. The van der Waals surface area contributed by atoms with Crippen LogP contribution in [0.5, 0.6) is 0 Å². The van der Waals surface area contributed by atoms with E-state index < -0.39 is 0 Å². The van der Waals surface area contributed by atoms with Crippen LogP contribution >= 0.6 is 0 Å². The first-order valence-corrected chi connectivity index (χ1v) is 10.7. The summed E-state index contributed by atoms with van der Waals surface area (Å²) in [5.41, 5.74) is 20.4. The summed E-state index contributed by atoms with van der Waals surface area (Å²) in [6.45, 7) is 8.74. The molecule has 1 heterocycles. The lowest BCUT2D eigenvalue weighted by atomic mass is 9.95. The monoisotopic (exact) mass is 372 g/mol. The third kappa shape index (κ3) is 4.01. The van der Waals surface area contributed by atoms with E-state index in [0.29, 0.717) is 0 Å². The van der Waals surface area contributed by atoms with Crippen molar-refractivity contribution in [3.05, 3.63) is 87.5 Å². The van der Waals surface area contributed by atoms with Crippen molar-refractivity contribution in [2.45, 2.75) is 66.2 Å². The molecule has 0 bridgehead atoms. The highest BCUT2D eigenvalue weighted by Gasteiger charge is 2.33. The molecule has 1 aliphatic heterocycles. The molecule has 0 aliphatic carbocycles. The van der Waals surface area contributed by atoms with Gasteiger partial charge in [-0.25, -0.2) is 4.70 Å². The molecule has 2 nitrogen and oxygen atoms in total. The molecule has 0 unspecified atom stereocenters. The maximum Gasteiger partial charge on any atom is 0.211 e. The highest BCUT2D eigenvalue weighted by Crippen LogP contribution is 2.42. The molecule has 1 aliphatic rings. The zero-order chi connectivity index (χ0) is 20.1. The van der Waals surface area contributed by atoms with Gasteiger partial charge < -0.3 is 5.53 Å². The summed E-state index contributed by atoms with van der Waals surface area (Å²) >= 11 is 0. The zero-order valence-electron chi connectivity index (χ0n) is 17.8. The number of nitrogens with zero attached hydrogens (tertiary/aromatic N) is 2. The molecule has 0 radical (unpaired) electrons. The number of benzene rings is 2. The van der Waals surface area contributed by atoms with E-state index in [9.17, 15) is 5.53 Å². The molecule has 0 amide bonds. The van der Waals surface area contributed by atoms with Gasteiger partial charge in [0, 0.05) is 22.3 Å². The Labute approximate surface area is 170 Å². The quantitative estimate of drug-likeness (QED) is 0.337. The summed E-state index contributed by atoms with van der Waals surface area (Å²) < 4.78 is 1.44. The van der Waals surface area contributed by atoms with Gasteiger partial charge in [0.15, 0.2) is 0 Å². The number of unbranched alkanes of at least 4 members (excludes halogenated alkanes) is 2. The Morgan fingerprint density at radius 2 is 1.36 bits per heavy atom. The average molecular weight is 373 g/mol. The van der Waals surface area contributed by atoms with Gasteiger partial charge in [-0.2, -0.15) is 0 Å². The van der Waals surface area contributed by atoms with Gasteiger partial charge in [-0.3, -0.25) is 0 Å². The van der Waals surface area contributed by atoms with Crippen LogP contribution in [-0.4, -0.2) is 4.70 Å².